The van der Waals surface area contributed by atoms with Gasteiger partial charge in [-0.1, -0.05) is 12.2 Å². The lowest BCUT2D eigenvalue weighted by Gasteiger charge is -2.44. The molecule has 11 nitrogen and oxygen atoms in total. The lowest BCUT2D eigenvalue weighted by Crippen LogP contribution is -2.64. The third-order valence-corrected chi connectivity index (χ3v) is 5.73. The second kappa shape index (κ2) is 10.5. The van der Waals surface area contributed by atoms with Gasteiger partial charge >= 0.3 is 23.9 Å². The average Bonchev–Trinajstić information content (AvgIpc) is 2.54. The van der Waals surface area contributed by atoms with Crippen LogP contribution in [0.5, 0.6) is 0 Å². The molecule has 1 saturated heterocycles. The highest BCUT2D eigenvalue weighted by Gasteiger charge is 2.56. The molecule has 0 N–H and O–H groups in total. The van der Waals surface area contributed by atoms with Crippen LogP contribution in [0.2, 0.25) is 0 Å². The fraction of sp³-hybridized carbons (Fsp3) is 0.667. The molecule has 0 aromatic rings. The SMILES string of the molecule is C=C(C)CS(=O)(=O)[C@H]1O[C@H](COC(C)=O)[C@@H](OC(C)=O)[C@H](OC(C)=O)[C@@H]1OC(C)=O. The maximum Gasteiger partial charge on any atom is 0.303 e. The summed E-state index contributed by atoms with van der Waals surface area (Å²) in [7, 11) is -4.14. The lowest BCUT2D eigenvalue weighted by molar-refractivity contribution is -0.238. The van der Waals surface area contributed by atoms with E-state index in [4.69, 9.17) is 23.7 Å². The van der Waals surface area contributed by atoms with E-state index in [1.807, 2.05) is 0 Å². The summed E-state index contributed by atoms with van der Waals surface area (Å²) in [4.78, 5) is 46.2. The van der Waals surface area contributed by atoms with Gasteiger partial charge in [0.2, 0.25) is 0 Å². The molecular weight excluding hydrogens is 424 g/mol. The van der Waals surface area contributed by atoms with Crippen molar-refractivity contribution in [1.82, 2.24) is 0 Å². The van der Waals surface area contributed by atoms with Crippen molar-refractivity contribution in [2.75, 3.05) is 12.4 Å². The number of carbonyl (C=O) groups excluding carboxylic acids is 4. The number of sulfone groups is 1. The minimum Gasteiger partial charge on any atom is -0.463 e. The summed E-state index contributed by atoms with van der Waals surface area (Å²) < 4.78 is 51.8. The number of ether oxygens (including phenoxy) is 5. The molecule has 0 saturated carbocycles. The molecular formula is C18H26O11S. The predicted octanol–water partition coefficient (Wildman–Crippen LogP) is 0.0604. The maximum absolute atomic E-state index is 12.9. The molecule has 0 spiro atoms. The van der Waals surface area contributed by atoms with Crippen LogP contribution >= 0.6 is 0 Å². The normalized spacial score (nSPS) is 26.2. The molecule has 1 rings (SSSR count). The Morgan fingerprint density at radius 1 is 0.800 bits per heavy atom. The molecule has 12 heteroatoms. The van der Waals surface area contributed by atoms with E-state index in [9.17, 15) is 27.6 Å². The van der Waals surface area contributed by atoms with Gasteiger partial charge in [-0.25, -0.2) is 8.42 Å². The zero-order chi connectivity index (χ0) is 23.2. The first kappa shape index (κ1) is 25.6. The fourth-order valence-corrected chi connectivity index (χ4v) is 4.69. The first-order valence-electron chi connectivity index (χ1n) is 8.91. The zero-order valence-corrected chi connectivity index (χ0v) is 18.2. The van der Waals surface area contributed by atoms with Crippen molar-refractivity contribution in [2.24, 2.45) is 0 Å². The van der Waals surface area contributed by atoms with Crippen molar-refractivity contribution >= 4 is 33.7 Å². The summed E-state index contributed by atoms with van der Waals surface area (Å²) >= 11 is 0. The van der Waals surface area contributed by atoms with Crippen LogP contribution in [0.15, 0.2) is 12.2 Å². The van der Waals surface area contributed by atoms with Gasteiger partial charge in [-0.05, 0) is 6.92 Å². The molecule has 0 aromatic heterocycles. The smallest absolute Gasteiger partial charge is 0.303 e. The van der Waals surface area contributed by atoms with E-state index in [-0.39, 0.29) is 5.57 Å². The zero-order valence-electron chi connectivity index (χ0n) is 17.4. The van der Waals surface area contributed by atoms with E-state index in [1.165, 1.54) is 6.92 Å². The minimum atomic E-state index is -4.14. The van der Waals surface area contributed by atoms with Crippen LogP contribution in [0.4, 0.5) is 0 Å². The Labute approximate surface area is 174 Å². The predicted molar refractivity (Wildman–Crippen MR) is 101 cm³/mol. The minimum absolute atomic E-state index is 0.280. The standard InChI is InChI=1S/C18H26O11S/c1-9(2)8-30(23,24)18-17(28-13(6)22)16(27-12(5)21)15(26-11(4)20)14(29-18)7-25-10(3)19/h14-18H,1,7-8H2,2-6H3/t14-,15-,16+,17+,18-/m1/s1. The molecule has 0 aromatic carbocycles. The molecule has 1 aliphatic heterocycles. The summed E-state index contributed by atoms with van der Waals surface area (Å²) in [5.41, 5.74) is -1.52. The summed E-state index contributed by atoms with van der Waals surface area (Å²) in [6, 6.07) is 0. The van der Waals surface area contributed by atoms with Crippen molar-refractivity contribution < 1.29 is 51.3 Å². The van der Waals surface area contributed by atoms with E-state index >= 15 is 0 Å². The molecule has 0 aliphatic carbocycles. The Morgan fingerprint density at radius 3 is 1.70 bits per heavy atom. The maximum atomic E-state index is 12.9. The Hall–Kier alpha value is -2.47. The molecule has 5 atom stereocenters. The van der Waals surface area contributed by atoms with E-state index in [0.29, 0.717) is 0 Å². The monoisotopic (exact) mass is 450 g/mol. The molecule has 0 amide bonds. The first-order valence-corrected chi connectivity index (χ1v) is 10.6. The quantitative estimate of drug-likeness (QED) is 0.281. The number of hydrogen-bond donors (Lipinski definition) is 0. The molecule has 30 heavy (non-hydrogen) atoms. The summed E-state index contributed by atoms with van der Waals surface area (Å²) in [6.45, 7) is 8.78. The van der Waals surface area contributed by atoms with Gasteiger partial charge in [-0.15, -0.1) is 0 Å². The number of esters is 4. The fourth-order valence-electron chi connectivity index (χ4n) is 2.90. The van der Waals surface area contributed by atoms with Crippen LogP contribution in [0.1, 0.15) is 34.6 Å². The van der Waals surface area contributed by atoms with Crippen molar-refractivity contribution in [3.8, 4) is 0 Å². The number of rotatable bonds is 8. The second-order valence-corrected chi connectivity index (χ2v) is 8.91. The van der Waals surface area contributed by atoms with Gasteiger partial charge in [0.15, 0.2) is 33.6 Å². The van der Waals surface area contributed by atoms with Gasteiger partial charge in [0.05, 0.1) is 5.75 Å². The average molecular weight is 450 g/mol. The van der Waals surface area contributed by atoms with Gasteiger partial charge < -0.3 is 23.7 Å². The van der Waals surface area contributed by atoms with Crippen LogP contribution < -0.4 is 0 Å². The highest BCUT2D eigenvalue weighted by atomic mass is 32.2. The lowest BCUT2D eigenvalue weighted by atomic mass is 9.99. The van der Waals surface area contributed by atoms with Crippen molar-refractivity contribution in [3.63, 3.8) is 0 Å². The van der Waals surface area contributed by atoms with Gasteiger partial charge in [0.25, 0.3) is 0 Å². The van der Waals surface area contributed by atoms with E-state index in [0.717, 1.165) is 27.7 Å². The van der Waals surface area contributed by atoms with Crippen LogP contribution in [0.25, 0.3) is 0 Å². The van der Waals surface area contributed by atoms with Gasteiger partial charge in [0, 0.05) is 27.7 Å². The molecule has 0 radical (unpaired) electrons. The Kier molecular flexibility index (Phi) is 8.97. The van der Waals surface area contributed by atoms with Gasteiger partial charge in [-0.3, -0.25) is 19.2 Å². The highest BCUT2D eigenvalue weighted by Crippen LogP contribution is 2.32. The third kappa shape index (κ3) is 7.41. The topological polar surface area (TPSA) is 149 Å². The largest absolute Gasteiger partial charge is 0.463 e. The van der Waals surface area contributed by atoms with Gasteiger partial charge in [-0.2, -0.15) is 0 Å². The van der Waals surface area contributed by atoms with E-state index in [1.54, 1.807) is 0 Å². The Morgan fingerprint density at radius 2 is 1.27 bits per heavy atom. The second-order valence-electron chi connectivity index (χ2n) is 6.83. The van der Waals surface area contributed by atoms with Crippen molar-refractivity contribution in [1.29, 1.82) is 0 Å². The molecule has 0 bridgehead atoms. The van der Waals surface area contributed by atoms with Crippen LogP contribution in [-0.4, -0.2) is 74.5 Å². The van der Waals surface area contributed by atoms with Crippen LogP contribution in [-0.2, 0) is 52.7 Å². The molecule has 1 heterocycles. The summed E-state index contributed by atoms with van der Waals surface area (Å²) in [5.74, 6) is -3.75. The van der Waals surface area contributed by atoms with E-state index < -0.39 is 75.9 Å². The van der Waals surface area contributed by atoms with Crippen LogP contribution in [0.3, 0.4) is 0 Å². The summed E-state index contributed by atoms with van der Waals surface area (Å²) in [5, 5.41) is 0. The highest BCUT2D eigenvalue weighted by molar-refractivity contribution is 7.92. The van der Waals surface area contributed by atoms with Crippen molar-refractivity contribution in [3.05, 3.63) is 12.2 Å². The number of hydrogen-bond acceptors (Lipinski definition) is 11. The number of carbonyl (C=O) groups is 4. The molecule has 1 aliphatic rings. The van der Waals surface area contributed by atoms with Crippen molar-refractivity contribution in [2.45, 2.75) is 64.5 Å². The summed E-state index contributed by atoms with van der Waals surface area (Å²) in [6.07, 6.45) is -5.91. The first-order chi connectivity index (χ1) is 13.7. The van der Waals surface area contributed by atoms with Crippen LogP contribution in [0, 0.1) is 0 Å². The van der Waals surface area contributed by atoms with Gasteiger partial charge in [0.1, 0.15) is 12.7 Å². The molecule has 1 fully saturated rings. The Balaban J connectivity index is 3.52. The molecule has 0 unspecified atom stereocenters. The molecule has 170 valence electrons. The van der Waals surface area contributed by atoms with E-state index in [2.05, 4.69) is 6.58 Å². The Bertz CT molecular complexity index is 801. The third-order valence-electron chi connectivity index (χ3n) is 3.75.